The Morgan fingerprint density at radius 2 is 1.70 bits per heavy atom. The van der Waals surface area contributed by atoms with Crippen LogP contribution in [0.4, 0.5) is 10.1 Å². The number of nitrogens with one attached hydrogen (secondary N) is 1. The maximum atomic E-state index is 13.9. The molecule has 1 fully saturated rings. The summed E-state index contributed by atoms with van der Waals surface area (Å²) in [5, 5.41) is 4.65. The van der Waals surface area contributed by atoms with E-state index in [0.29, 0.717) is 12.8 Å². The molecule has 0 spiro atoms. The number of piperidine rings is 1. The average molecular weight is 447 g/mol. The van der Waals surface area contributed by atoms with E-state index in [2.05, 4.69) is 5.32 Å². The molecule has 3 aromatic carbocycles. The van der Waals surface area contributed by atoms with Gasteiger partial charge in [-0.15, -0.1) is 0 Å². The van der Waals surface area contributed by atoms with E-state index in [1.807, 2.05) is 24.3 Å². The molecule has 156 valence electrons. The number of hydrogen-bond acceptors (Lipinski definition) is 3. The minimum absolute atomic E-state index is 0.0654. The van der Waals surface area contributed by atoms with Crippen LogP contribution in [0.25, 0.3) is 10.8 Å². The van der Waals surface area contributed by atoms with Crippen molar-refractivity contribution in [1.29, 1.82) is 0 Å². The van der Waals surface area contributed by atoms with E-state index in [4.69, 9.17) is 11.6 Å². The number of anilines is 1. The van der Waals surface area contributed by atoms with Crippen LogP contribution >= 0.6 is 11.6 Å². The van der Waals surface area contributed by atoms with Crippen molar-refractivity contribution in [3.63, 3.8) is 0 Å². The van der Waals surface area contributed by atoms with Gasteiger partial charge in [-0.1, -0.05) is 41.9 Å². The summed E-state index contributed by atoms with van der Waals surface area (Å²) in [4.78, 5) is 12.7. The Morgan fingerprint density at radius 1 is 1.00 bits per heavy atom. The number of fused-ring (bicyclic) bond motifs is 1. The second kappa shape index (κ2) is 8.34. The van der Waals surface area contributed by atoms with Crippen LogP contribution < -0.4 is 5.32 Å². The van der Waals surface area contributed by atoms with Gasteiger partial charge in [-0.2, -0.15) is 4.31 Å². The zero-order valence-corrected chi connectivity index (χ0v) is 17.6. The average Bonchev–Trinajstić information content (AvgIpc) is 2.75. The molecular weight excluding hydrogens is 427 g/mol. The first-order chi connectivity index (χ1) is 14.3. The van der Waals surface area contributed by atoms with Gasteiger partial charge in [-0.25, -0.2) is 12.8 Å². The predicted molar refractivity (Wildman–Crippen MR) is 115 cm³/mol. The molecule has 0 unspecified atom stereocenters. The number of benzene rings is 3. The number of sulfonamides is 1. The Kier molecular flexibility index (Phi) is 5.77. The standard InChI is InChI=1S/C22H20ClFN2O3S/c23-18-6-8-21(20(24)14-18)25-22(27)16-9-11-26(12-10-16)30(28,29)19-7-5-15-3-1-2-4-17(15)13-19/h1-8,13-14,16H,9-12H2,(H,25,27). The smallest absolute Gasteiger partial charge is 0.243 e. The Bertz CT molecular complexity index is 1210. The molecule has 1 N–H and O–H groups in total. The first kappa shape index (κ1) is 20.8. The second-order valence-electron chi connectivity index (χ2n) is 7.30. The van der Waals surface area contributed by atoms with Crippen LogP contribution in [0.5, 0.6) is 0 Å². The van der Waals surface area contributed by atoms with Gasteiger partial charge < -0.3 is 5.32 Å². The lowest BCUT2D eigenvalue weighted by atomic mass is 9.97. The number of carbonyl (C=O) groups excluding carboxylic acids is 1. The molecule has 4 rings (SSSR count). The van der Waals surface area contributed by atoms with Gasteiger partial charge in [0, 0.05) is 24.0 Å². The van der Waals surface area contributed by atoms with Crippen molar-refractivity contribution >= 4 is 44.0 Å². The van der Waals surface area contributed by atoms with E-state index in [9.17, 15) is 17.6 Å². The number of hydrogen-bond donors (Lipinski definition) is 1. The molecule has 0 saturated carbocycles. The van der Waals surface area contributed by atoms with Gasteiger partial charge in [0.05, 0.1) is 10.6 Å². The summed E-state index contributed by atoms with van der Waals surface area (Å²) in [6.07, 6.45) is 0.738. The first-order valence-corrected chi connectivity index (χ1v) is 11.4. The van der Waals surface area contributed by atoms with Gasteiger partial charge in [0.15, 0.2) is 0 Å². The molecule has 1 saturated heterocycles. The highest BCUT2D eigenvalue weighted by molar-refractivity contribution is 7.89. The molecule has 0 aliphatic carbocycles. The summed E-state index contributed by atoms with van der Waals surface area (Å²) >= 11 is 5.73. The van der Waals surface area contributed by atoms with Crippen LogP contribution in [0.1, 0.15) is 12.8 Å². The Labute approximate surface area is 179 Å². The van der Waals surface area contributed by atoms with Gasteiger partial charge >= 0.3 is 0 Å². The molecular formula is C22H20ClFN2O3S. The zero-order valence-electron chi connectivity index (χ0n) is 16.0. The molecule has 1 heterocycles. The fraction of sp³-hybridized carbons (Fsp3) is 0.227. The summed E-state index contributed by atoms with van der Waals surface area (Å²) in [5.41, 5.74) is 0.0654. The van der Waals surface area contributed by atoms with Crippen LogP contribution in [0.15, 0.2) is 65.6 Å². The van der Waals surface area contributed by atoms with Crippen molar-refractivity contribution in [2.45, 2.75) is 17.7 Å². The Hall–Kier alpha value is -2.48. The molecule has 5 nitrogen and oxygen atoms in total. The molecule has 0 atom stereocenters. The summed E-state index contributed by atoms with van der Waals surface area (Å²) < 4.78 is 41.4. The quantitative estimate of drug-likeness (QED) is 0.633. The normalized spacial score (nSPS) is 15.9. The Balaban J connectivity index is 1.43. The van der Waals surface area contributed by atoms with Crippen molar-refractivity contribution in [3.8, 4) is 0 Å². The zero-order chi connectivity index (χ0) is 21.3. The number of rotatable bonds is 4. The molecule has 0 aromatic heterocycles. The minimum Gasteiger partial charge on any atom is -0.323 e. The summed E-state index contributed by atoms with van der Waals surface area (Å²) in [7, 11) is -3.65. The fourth-order valence-corrected chi connectivity index (χ4v) is 5.33. The Morgan fingerprint density at radius 3 is 2.40 bits per heavy atom. The van der Waals surface area contributed by atoms with Gasteiger partial charge in [0.25, 0.3) is 0 Å². The highest BCUT2D eigenvalue weighted by Crippen LogP contribution is 2.27. The molecule has 0 bridgehead atoms. The maximum Gasteiger partial charge on any atom is 0.243 e. The molecule has 1 amide bonds. The van der Waals surface area contributed by atoms with Gasteiger partial charge in [0.2, 0.25) is 15.9 Å². The molecule has 0 radical (unpaired) electrons. The van der Waals surface area contributed by atoms with Crippen LogP contribution in [-0.4, -0.2) is 31.7 Å². The van der Waals surface area contributed by atoms with Gasteiger partial charge in [-0.3, -0.25) is 4.79 Å². The predicted octanol–water partition coefficient (Wildman–Crippen LogP) is 4.67. The molecule has 8 heteroatoms. The highest BCUT2D eigenvalue weighted by Gasteiger charge is 2.32. The van der Waals surface area contributed by atoms with E-state index < -0.39 is 15.8 Å². The van der Waals surface area contributed by atoms with Crippen molar-refractivity contribution in [2.75, 3.05) is 18.4 Å². The first-order valence-electron chi connectivity index (χ1n) is 9.59. The molecule has 1 aliphatic rings. The summed E-state index contributed by atoms with van der Waals surface area (Å²) in [6.45, 7) is 0.465. The highest BCUT2D eigenvalue weighted by atomic mass is 35.5. The van der Waals surface area contributed by atoms with Crippen LogP contribution in [-0.2, 0) is 14.8 Å². The van der Waals surface area contributed by atoms with Crippen molar-refractivity contribution in [1.82, 2.24) is 4.31 Å². The summed E-state index contributed by atoms with van der Waals surface area (Å²) in [6, 6.07) is 16.7. The van der Waals surface area contributed by atoms with E-state index in [0.717, 1.165) is 16.8 Å². The third-order valence-electron chi connectivity index (χ3n) is 5.37. The van der Waals surface area contributed by atoms with Gasteiger partial charge in [-0.05, 0) is 53.9 Å². The van der Waals surface area contributed by atoms with Crippen LogP contribution in [0, 0.1) is 11.7 Å². The SMILES string of the molecule is O=C(Nc1ccc(Cl)cc1F)C1CCN(S(=O)(=O)c2ccc3ccccc3c2)CC1. The van der Waals surface area contributed by atoms with Crippen molar-refractivity contribution in [3.05, 3.63) is 71.5 Å². The van der Waals surface area contributed by atoms with E-state index in [1.54, 1.807) is 18.2 Å². The lowest BCUT2D eigenvalue weighted by molar-refractivity contribution is -0.120. The number of nitrogens with zero attached hydrogens (tertiary/aromatic N) is 1. The maximum absolute atomic E-state index is 13.9. The van der Waals surface area contributed by atoms with E-state index >= 15 is 0 Å². The van der Waals surface area contributed by atoms with Crippen molar-refractivity contribution < 1.29 is 17.6 Å². The topological polar surface area (TPSA) is 66.5 Å². The van der Waals surface area contributed by atoms with E-state index in [-0.39, 0.29) is 40.5 Å². The number of carbonyl (C=O) groups is 1. The number of amides is 1. The largest absolute Gasteiger partial charge is 0.323 e. The van der Waals surface area contributed by atoms with Crippen LogP contribution in [0.3, 0.4) is 0 Å². The molecule has 3 aromatic rings. The lowest BCUT2D eigenvalue weighted by Crippen LogP contribution is -2.41. The van der Waals surface area contributed by atoms with E-state index in [1.165, 1.54) is 16.4 Å². The van der Waals surface area contributed by atoms with Crippen LogP contribution in [0.2, 0.25) is 5.02 Å². The fourth-order valence-electron chi connectivity index (χ4n) is 3.66. The molecule has 1 aliphatic heterocycles. The number of halogens is 2. The lowest BCUT2D eigenvalue weighted by Gasteiger charge is -2.30. The third kappa shape index (κ3) is 4.19. The van der Waals surface area contributed by atoms with Gasteiger partial charge in [0.1, 0.15) is 5.82 Å². The summed E-state index contributed by atoms with van der Waals surface area (Å²) in [5.74, 6) is -1.31. The second-order valence-corrected chi connectivity index (χ2v) is 9.68. The monoisotopic (exact) mass is 446 g/mol. The third-order valence-corrected chi connectivity index (χ3v) is 7.50. The molecule has 30 heavy (non-hydrogen) atoms. The minimum atomic E-state index is -3.65. The van der Waals surface area contributed by atoms with Crippen molar-refractivity contribution in [2.24, 2.45) is 5.92 Å².